The van der Waals surface area contributed by atoms with Crippen LogP contribution >= 0.6 is 11.3 Å². The number of rotatable bonds is 7. The fourth-order valence-corrected chi connectivity index (χ4v) is 4.01. The van der Waals surface area contributed by atoms with Gasteiger partial charge in [0, 0.05) is 55.6 Å². The Morgan fingerprint density at radius 3 is 2.18 bits per heavy atom. The maximum atomic E-state index is 4.25. The van der Waals surface area contributed by atoms with Crippen molar-refractivity contribution in [2.24, 2.45) is 0 Å². The third-order valence-electron chi connectivity index (χ3n) is 5.24. The quantitative estimate of drug-likeness (QED) is 0.606. The Morgan fingerprint density at radius 2 is 1.64 bits per heavy atom. The van der Waals surface area contributed by atoms with Crippen molar-refractivity contribution in [2.75, 3.05) is 59.9 Å². The lowest BCUT2D eigenvalue weighted by molar-refractivity contribution is 0.249. The molecule has 1 saturated heterocycles. The van der Waals surface area contributed by atoms with Gasteiger partial charge >= 0.3 is 0 Å². The molecule has 0 spiro atoms. The van der Waals surface area contributed by atoms with Crippen LogP contribution in [0.15, 0.2) is 48.6 Å². The fourth-order valence-electron chi connectivity index (χ4n) is 3.18. The molecule has 1 aromatic rings. The third kappa shape index (κ3) is 7.88. The molecule has 28 heavy (non-hydrogen) atoms. The van der Waals surface area contributed by atoms with E-state index >= 15 is 0 Å². The van der Waals surface area contributed by atoms with Gasteiger partial charge in [-0.2, -0.15) is 0 Å². The molecule has 0 N–H and O–H groups in total. The molecule has 154 valence electrons. The summed E-state index contributed by atoms with van der Waals surface area (Å²) < 4.78 is 0. The Morgan fingerprint density at radius 1 is 1.04 bits per heavy atom. The number of allylic oxidation sites excluding steroid dienone is 4. The van der Waals surface area contributed by atoms with E-state index in [-0.39, 0.29) is 0 Å². The van der Waals surface area contributed by atoms with Crippen LogP contribution in [0.25, 0.3) is 11.6 Å². The van der Waals surface area contributed by atoms with E-state index in [1.807, 2.05) is 0 Å². The summed E-state index contributed by atoms with van der Waals surface area (Å²) in [7, 11) is 4.45. The van der Waals surface area contributed by atoms with Gasteiger partial charge in [-0.15, -0.1) is 11.3 Å². The molecule has 4 heteroatoms. The van der Waals surface area contributed by atoms with Crippen molar-refractivity contribution in [3.05, 3.63) is 58.3 Å². The van der Waals surface area contributed by atoms with Gasteiger partial charge in [0.15, 0.2) is 0 Å². The van der Waals surface area contributed by atoms with Gasteiger partial charge in [-0.1, -0.05) is 37.8 Å². The predicted octanol–water partition coefficient (Wildman–Crippen LogP) is 4.87. The lowest BCUT2D eigenvalue weighted by Crippen LogP contribution is -2.36. The number of nitrogens with zero attached hydrogens (tertiary/aromatic N) is 3. The van der Waals surface area contributed by atoms with Crippen LogP contribution in [0, 0.1) is 0 Å². The molecule has 2 rings (SSSR count). The fraction of sp³-hybridized carbons (Fsp3) is 0.500. The van der Waals surface area contributed by atoms with E-state index in [2.05, 4.69) is 86.2 Å². The summed E-state index contributed by atoms with van der Waals surface area (Å²) in [6.45, 7) is 20.4. The van der Waals surface area contributed by atoms with Gasteiger partial charge in [0.1, 0.15) is 0 Å². The maximum Gasteiger partial charge on any atom is 0.0300 e. The van der Waals surface area contributed by atoms with Crippen LogP contribution in [0.5, 0.6) is 0 Å². The zero-order valence-electron chi connectivity index (χ0n) is 18.2. The Balaban J connectivity index is 1.97. The minimum Gasteiger partial charge on any atom is -0.304 e. The zero-order chi connectivity index (χ0) is 20.5. The minimum absolute atomic E-state index is 1.03. The minimum atomic E-state index is 1.03. The molecule has 3 nitrogen and oxygen atoms in total. The van der Waals surface area contributed by atoms with Crippen LogP contribution < -0.4 is 0 Å². The first-order valence-electron chi connectivity index (χ1n) is 10.3. The molecule has 0 bridgehead atoms. The first-order chi connectivity index (χ1) is 13.4. The highest BCUT2D eigenvalue weighted by Gasteiger charge is 2.13. The van der Waals surface area contributed by atoms with Crippen LogP contribution in [0.4, 0.5) is 0 Å². The van der Waals surface area contributed by atoms with Crippen molar-refractivity contribution < 1.29 is 0 Å². The molecule has 1 aromatic heterocycles. The molecule has 2 heterocycles. The molecule has 1 aliphatic heterocycles. The van der Waals surface area contributed by atoms with E-state index in [1.165, 1.54) is 15.3 Å². The molecule has 0 aliphatic carbocycles. The molecule has 0 saturated carbocycles. The standard InChI is InChI=1S/C24H37N3S/c1-7-22(19-27-16-14-25(5)12-13-26(6)15-17-27)18-21(4)8-9-23-10-11-24(28-23)20(2)3/h8-11,18H,2,4,7,12-17,19H2,1,3,5-6H3/b9-8+,22-18+. The monoisotopic (exact) mass is 399 g/mol. The number of hydrogen-bond donors (Lipinski definition) is 0. The van der Waals surface area contributed by atoms with Crippen molar-refractivity contribution in [3.63, 3.8) is 0 Å². The van der Waals surface area contributed by atoms with Gasteiger partial charge in [0.05, 0.1) is 0 Å². The highest BCUT2D eigenvalue weighted by molar-refractivity contribution is 7.14. The van der Waals surface area contributed by atoms with Gasteiger partial charge in [0.25, 0.3) is 0 Å². The van der Waals surface area contributed by atoms with Gasteiger partial charge in [-0.3, -0.25) is 4.90 Å². The summed E-state index contributed by atoms with van der Waals surface area (Å²) in [5, 5.41) is 0. The maximum absolute atomic E-state index is 4.25. The second kappa shape index (κ2) is 11.5. The van der Waals surface area contributed by atoms with E-state index in [0.29, 0.717) is 0 Å². The van der Waals surface area contributed by atoms with Gasteiger partial charge in [0.2, 0.25) is 0 Å². The average Bonchev–Trinajstić information content (AvgIpc) is 3.16. The first kappa shape index (κ1) is 22.8. The molecule has 0 atom stereocenters. The summed E-state index contributed by atoms with van der Waals surface area (Å²) in [6, 6.07) is 4.29. The normalized spacial score (nSPS) is 18.8. The van der Waals surface area contributed by atoms with Crippen molar-refractivity contribution in [1.82, 2.24) is 14.7 Å². The van der Waals surface area contributed by atoms with Crippen molar-refractivity contribution in [2.45, 2.75) is 20.3 Å². The third-order valence-corrected chi connectivity index (χ3v) is 6.45. The van der Waals surface area contributed by atoms with Gasteiger partial charge in [-0.05, 0) is 56.8 Å². The highest BCUT2D eigenvalue weighted by atomic mass is 32.1. The van der Waals surface area contributed by atoms with Crippen LogP contribution in [0.1, 0.15) is 30.0 Å². The van der Waals surface area contributed by atoms with E-state index in [1.54, 1.807) is 11.3 Å². The number of hydrogen-bond acceptors (Lipinski definition) is 4. The molecule has 1 aliphatic rings. The molecule has 1 fully saturated rings. The Bertz CT molecular complexity index is 699. The smallest absolute Gasteiger partial charge is 0.0300 e. The Kier molecular flexibility index (Phi) is 9.39. The summed E-state index contributed by atoms with van der Waals surface area (Å²) >= 11 is 1.78. The van der Waals surface area contributed by atoms with E-state index in [0.717, 1.165) is 63.4 Å². The Hall–Kier alpha value is -1.46. The second-order valence-corrected chi connectivity index (χ2v) is 9.04. The summed E-state index contributed by atoms with van der Waals surface area (Å²) in [5.74, 6) is 0. The van der Waals surface area contributed by atoms with Crippen molar-refractivity contribution >= 4 is 23.0 Å². The molecule has 0 radical (unpaired) electrons. The van der Waals surface area contributed by atoms with E-state index < -0.39 is 0 Å². The molecule has 0 unspecified atom stereocenters. The molecular formula is C24H37N3S. The van der Waals surface area contributed by atoms with Crippen LogP contribution in [-0.4, -0.2) is 74.6 Å². The largest absolute Gasteiger partial charge is 0.304 e. The molecular weight excluding hydrogens is 362 g/mol. The van der Waals surface area contributed by atoms with Gasteiger partial charge in [-0.25, -0.2) is 0 Å². The first-order valence-corrected chi connectivity index (χ1v) is 11.1. The van der Waals surface area contributed by atoms with E-state index in [9.17, 15) is 0 Å². The molecule has 0 amide bonds. The molecule has 0 aromatic carbocycles. The summed E-state index contributed by atoms with van der Waals surface area (Å²) in [4.78, 5) is 9.95. The number of thiophene rings is 1. The topological polar surface area (TPSA) is 9.72 Å². The Labute approximate surface area is 176 Å². The van der Waals surface area contributed by atoms with E-state index in [4.69, 9.17) is 0 Å². The van der Waals surface area contributed by atoms with Crippen LogP contribution in [-0.2, 0) is 0 Å². The van der Waals surface area contributed by atoms with Gasteiger partial charge < -0.3 is 9.80 Å². The zero-order valence-corrected chi connectivity index (χ0v) is 19.0. The lowest BCUT2D eigenvalue weighted by Gasteiger charge is -2.25. The predicted molar refractivity (Wildman–Crippen MR) is 127 cm³/mol. The number of likely N-dealkylation sites (N-methyl/N-ethyl adjacent to an activating group) is 2. The van der Waals surface area contributed by atoms with Crippen LogP contribution in [0.3, 0.4) is 0 Å². The summed E-state index contributed by atoms with van der Waals surface area (Å²) in [5.41, 5.74) is 3.64. The second-order valence-electron chi connectivity index (χ2n) is 7.93. The summed E-state index contributed by atoms with van der Waals surface area (Å²) in [6.07, 6.45) is 7.62. The average molecular weight is 400 g/mol. The van der Waals surface area contributed by atoms with Crippen molar-refractivity contribution in [1.29, 1.82) is 0 Å². The SMILES string of the molecule is C=C(/C=C/c1ccc(C(=C)C)s1)/C=C(\CC)CN1CCN(C)CCN(C)CC1. The van der Waals surface area contributed by atoms with Crippen LogP contribution in [0.2, 0.25) is 0 Å². The lowest BCUT2D eigenvalue weighted by atomic mass is 10.1. The van der Waals surface area contributed by atoms with Crippen molar-refractivity contribution in [3.8, 4) is 0 Å². The highest BCUT2D eigenvalue weighted by Crippen LogP contribution is 2.24.